The van der Waals surface area contributed by atoms with Crippen molar-refractivity contribution in [3.63, 3.8) is 0 Å². The third-order valence-corrected chi connectivity index (χ3v) is 6.84. The molecule has 0 atom stereocenters. The van der Waals surface area contributed by atoms with Crippen molar-refractivity contribution in [2.45, 2.75) is 37.1 Å². The zero-order valence-electron chi connectivity index (χ0n) is 15.0. The van der Waals surface area contributed by atoms with Gasteiger partial charge in [0, 0.05) is 19.3 Å². The smallest absolute Gasteiger partial charge is 0.249 e. The van der Waals surface area contributed by atoms with Gasteiger partial charge < -0.3 is 0 Å². The van der Waals surface area contributed by atoms with E-state index in [4.69, 9.17) is 0 Å². The normalized spacial score (nSPS) is 16.0. The molecule has 1 aromatic carbocycles. The van der Waals surface area contributed by atoms with E-state index in [9.17, 15) is 13.2 Å². The van der Waals surface area contributed by atoms with Gasteiger partial charge in [-0.25, -0.2) is 22.3 Å². The first-order valence-corrected chi connectivity index (χ1v) is 10.6. The van der Waals surface area contributed by atoms with Gasteiger partial charge in [0.15, 0.2) is 5.65 Å². The molecule has 0 saturated carbocycles. The summed E-state index contributed by atoms with van der Waals surface area (Å²) in [5, 5.41) is 4.32. The van der Waals surface area contributed by atoms with E-state index in [1.54, 1.807) is 6.07 Å². The second kappa shape index (κ2) is 7.28. The predicted octanol–water partition coefficient (Wildman–Crippen LogP) is 1.91. The Bertz CT molecular complexity index is 1100. The van der Waals surface area contributed by atoms with E-state index in [1.165, 1.54) is 25.7 Å². The molecule has 0 radical (unpaired) electrons. The first kappa shape index (κ1) is 17.9. The highest BCUT2D eigenvalue weighted by molar-refractivity contribution is 7.89. The fourth-order valence-electron chi connectivity index (χ4n) is 3.43. The van der Waals surface area contributed by atoms with Crippen molar-refractivity contribution < 1.29 is 8.42 Å². The van der Waals surface area contributed by atoms with Crippen molar-refractivity contribution >= 4 is 15.7 Å². The highest BCUT2D eigenvalue weighted by Crippen LogP contribution is 2.20. The number of aromatic nitrogens is 3. The number of nitrogens with zero attached hydrogens (tertiary/aromatic N) is 4. The number of rotatable bonds is 5. The Morgan fingerprint density at radius 2 is 1.70 bits per heavy atom. The van der Waals surface area contributed by atoms with E-state index in [-0.39, 0.29) is 10.6 Å². The summed E-state index contributed by atoms with van der Waals surface area (Å²) in [6.45, 7) is 1.51. The van der Waals surface area contributed by atoms with Gasteiger partial charge in [-0.1, -0.05) is 36.8 Å². The Hall–Kier alpha value is -2.45. The molecule has 8 heteroatoms. The Morgan fingerprint density at radius 3 is 2.44 bits per heavy atom. The predicted molar refractivity (Wildman–Crippen MR) is 102 cm³/mol. The number of aryl methyl sites for hydroxylation is 2. The quantitative estimate of drug-likeness (QED) is 0.671. The van der Waals surface area contributed by atoms with Crippen molar-refractivity contribution in [1.29, 1.82) is 0 Å². The van der Waals surface area contributed by atoms with Crippen LogP contribution in [0.15, 0.2) is 58.4 Å². The van der Waals surface area contributed by atoms with Gasteiger partial charge in [-0.15, -0.1) is 5.10 Å². The molecule has 0 spiro atoms. The molecule has 2 aromatic heterocycles. The van der Waals surface area contributed by atoms with Crippen LogP contribution < -0.4 is 5.69 Å². The Balaban J connectivity index is 1.63. The molecule has 0 amide bonds. The van der Waals surface area contributed by atoms with Crippen LogP contribution in [0.2, 0.25) is 0 Å². The minimum Gasteiger partial charge on any atom is -0.249 e. The maximum Gasteiger partial charge on any atom is 0.350 e. The summed E-state index contributed by atoms with van der Waals surface area (Å²) < 4.78 is 29.9. The Morgan fingerprint density at radius 1 is 0.963 bits per heavy atom. The van der Waals surface area contributed by atoms with Crippen LogP contribution in [0.3, 0.4) is 0 Å². The zero-order valence-corrected chi connectivity index (χ0v) is 15.8. The van der Waals surface area contributed by atoms with Crippen LogP contribution in [0, 0.1) is 0 Å². The third-order valence-electron chi connectivity index (χ3n) is 4.96. The number of pyridine rings is 1. The summed E-state index contributed by atoms with van der Waals surface area (Å²) in [6, 6.07) is 13.0. The molecule has 3 heterocycles. The molecule has 3 aromatic rings. The van der Waals surface area contributed by atoms with Gasteiger partial charge in [-0.05, 0) is 37.0 Å². The van der Waals surface area contributed by atoms with Crippen LogP contribution in [0.4, 0.5) is 0 Å². The van der Waals surface area contributed by atoms with Gasteiger partial charge in [0.25, 0.3) is 0 Å². The fourth-order valence-corrected chi connectivity index (χ4v) is 4.95. The summed E-state index contributed by atoms with van der Waals surface area (Å²) >= 11 is 0. The van der Waals surface area contributed by atoms with Crippen molar-refractivity contribution in [3.8, 4) is 0 Å². The topological polar surface area (TPSA) is 76.7 Å². The van der Waals surface area contributed by atoms with Crippen molar-refractivity contribution in [2.24, 2.45) is 0 Å². The van der Waals surface area contributed by atoms with E-state index in [1.807, 2.05) is 30.3 Å². The maximum absolute atomic E-state index is 12.8. The van der Waals surface area contributed by atoms with Gasteiger partial charge in [-0.2, -0.15) is 4.31 Å². The minimum atomic E-state index is -3.58. The molecule has 27 heavy (non-hydrogen) atoms. The maximum atomic E-state index is 12.8. The number of piperidine rings is 1. The summed E-state index contributed by atoms with van der Waals surface area (Å²) in [7, 11) is -3.58. The van der Waals surface area contributed by atoms with Gasteiger partial charge in [0.1, 0.15) is 0 Å². The largest absolute Gasteiger partial charge is 0.350 e. The standard InChI is InChI=1S/C19H22N4O3S/c24-19-22-15-17(27(25,26)21-12-5-2-6-13-21)9-10-18(22)20-23(19)14-11-16-7-3-1-4-8-16/h1,3-4,7-10,15H,2,5-6,11-14H2. The minimum absolute atomic E-state index is 0.140. The number of benzene rings is 1. The van der Waals surface area contributed by atoms with Crippen LogP contribution in [0.5, 0.6) is 0 Å². The van der Waals surface area contributed by atoms with E-state index in [2.05, 4.69) is 5.10 Å². The molecule has 4 rings (SSSR count). The zero-order chi connectivity index (χ0) is 18.9. The van der Waals surface area contributed by atoms with Crippen LogP contribution >= 0.6 is 0 Å². The highest BCUT2D eigenvalue weighted by Gasteiger charge is 2.26. The molecular weight excluding hydrogens is 364 g/mol. The van der Waals surface area contributed by atoms with E-state index in [0.717, 1.165) is 24.8 Å². The molecule has 1 aliphatic rings. The second-order valence-electron chi connectivity index (χ2n) is 6.80. The molecule has 0 unspecified atom stereocenters. The molecule has 1 fully saturated rings. The first-order chi connectivity index (χ1) is 13.1. The summed E-state index contributed by atoms with van der Waals surface area (Å²) in [5.74, 6) is 0. The summed E-state index contributed by atoms with van der Waals surface area (Å²) in [6.07, 6.45) is 4.88. The monoisotopic (exact) mass is 386 g/mol. The lowest BCUT2D eigenvalue weighted by atomic mass is 10.2. The Labute approximate surface area is 157 Å². The number of fused-ring (bicyclic) bond motifs is 1. The molecule has 7 nitrogen and oxygen atoms in total. The van der Waals surface area contributed by atoms with Crippen molar-refractivity contribution in [2.75, 3.05) is 13.1 Å². The van der Waals surface area contributed by atoms with Crippen molar-refractivity contribution in [1.82, 2.24) is 18.5 Å². The second-order valence-corrected chi connectivity index (χ2v) is 8.74. The lowest BCUT2D eigenvalue weighted by Gasteiger charge is -2.25. The number of hydrogen-bond acceptors (Lipinski definition) is 4. The van der Waals surface area contributed by atoms with Crippen LogP contribution in [-0.4, -0.2) is 40.0 Å². The molecule has 0 aliphatic carbocycles. The fraction of sp³-hybridized carbons (Fsp3) is 0.368. The lowest BCUT2D eigenvalue weighted by Crippen LogP contribution is -2.35. The average molecular weight is 386 g/mol. The van der Waals surface area contributed by atoms with Crippen LogP contribution in [0.25, 0.3) is 5.65 Å². The first-order valence-electron chi connectivity index (χ1n) is 9.19. The molecular formula is C19H22N4O3S. The SMILES string of the molecule is O=c1n(CCc2ccccc2)nc2ccc(S(=O)(=O)N3CCCCC3)cn12. The molecule has 0 bridgehead atoms. The van der Waals surface area contributed by atoms with Gasteiger partial charge in [0.2, 0.25) is 10.0 Å². The van der Waals surface area contributed by atoms with Crippen LogP contribution in [-0.2, 0) is 23.0 Å². The molecule has 142 valence electrons. The molecule has 0 N–H and O–H groups in total. The highest BCUT2D eigenvalue weighted by atomic mass is 32.2. The number of hydrogen-bond donors (Lipinski definition) is 0. The van der Waals surface area contributed by atoms with Crippen molar-refractivity contribution in [3.05, 3.63) is 64.7 Å². The lowest BCUT2D eigenvalue weighted by molar-refractivity contribution is 0.346. The Kier molecular flexibility index (Phi) is 4.84. The van der Waals surface area contributed by atoms with Gasteiger partial charge >= 0.3 is 5.69 Å². The van der Waals surface area contributed by atoms with E-state index >= 15 is 0 Å². The third kappa shape index (κ3) is 3.54. The summed E-state index contributed by atoms with van der Waals surface area (Å²) in [4.78, 5) is 12.8. The molecule has 1 aliphatic heterocycles. The van der Waals surface area contributed by atoms with E-state index in [0.29, 0.717) is 31.7 Å². The molecule has 1 saturated heterocycles. The summed E-state index contributed by atoms with van der Waals surface area (Å²) in [5.41, 5.74) is 1.25. The van der Waals surface area contributed by atoms with E-state index < -0.39 is 10.0 Å². The number of sulfonamides is 1. The van der Waals surface area contributed by atoms with Crippen LogP contribution in [0.1, 0.15) is 24.8 Å². The van der Waals surface area contributed by atoms with Gasteiger partial charge in [0.05, 0.1) is 11.4 Å². The van der Waals surface area contributed by atoms with Gasteiger partial charge in [-0.3, -0.25) is 0 Å². The average Bonchev–Trinajstić information content (AvgIpc) is 3.03.